The normalized spacial score (nSPS) is 21.3. The van der Waals surface area contributed by atoms with Gasteiger partial charge in [-0.15, -0.1) is 0 Å². The average Bonchev–Trinajstić information content (AvgIpc) is 2.99. The van der Waals surface area contributed by atoms with Crippen molar-refractivity contribution in [3.05, 3.63) is 64.4 Å². The molecule has 3 N–H and O–H groups in total. The number of carbonyl (C=O) groups excluding carboxylic acids is 2. The summed E-state index contributed by atoms with van der Waals surface area (Å²) in [7, 11) is -2.18. The molecule has 2 amide bonds. The molecular formula is C31H42ClFN4O6S. The minimum absolute atomic E-state index is 0.00842. The Kier molecular flexibility index (Phi) is 12.0. The van der Waals surface area contributed by atoms with E-state index in [1.165, 1.54) is 29.8 Å². The maximum Gasteiger partial charge on any atom is 0.407 e. The van der Waals surface area contributed by atoms with E-state index < -0.39 is 39.8 Å². The minimum atomic E-state index is -3.41. The Bertz CT molecular complexity index is 1390. The Balaban J connectivity index is 1.57. The van der Waals surface area contributed by atoms with Gasteiger partial charge in [0.1, 0.15) is 11.9 Å². The van der Waals surface area contributed by atoms with Crippen LogP contribution in [0.5, 0.6) is 0 Å². The van der Waals surface area contributed by atoms with Crippen molar-refractivity contribution in [3.8, 4) is 0 Å². The van der Waals surface area contributed by atoms with E-state index in [9.17, 15) is 18.0 Å². The molecule has 0 saturated carbocycles. The smallest absolute Gasteiger partial charge is 0.407 e. The number of anilines is 1. The lowest BCUT2D eigenvalue weighted by Crippen LogP contribution is -2.57. The first-order valence-electron chi connectivity index (χ1n) is 14.9. The van der Waals surface area contributed by atoms with Crippen molar-refractivity contribution in [1.29, 1.82) is 0 Å². The average molecular weight is 653 g/mol. The number of carbonyl (C=O) groups is 2. The molecular weight excluding hydrogens is 611 g/mol. The summed E-state index contributed by atoms with van der Waals surface area (Å²) in [6.07, 6.45) is 3.11. The number of ether oxygens (including phenoxy) is 2. The highest BCUT2D eigenvalue weighted by Gasteiger charge is 2.38. The van der Waals surface area contributed by atoms with Crippen LogP contribution >= 0.6 is 11.6 Å². The van der Waals surface area contributed by atoms with Gasteiger partial charge in [0.15, 0.2) is 0 Å². The highest BCUT2D eigenvalue weighted by Crippen LogP contribution is 2.36. The van der Waals surface area contributed by atoms with Gasteiger partial charge in [-0.25, -0.2) is 17.6 Å². The summed E-state index contributed by atoms with van der Waals surface area (Å²) < 4.78 is 52.1. The maximum atomic E-state index is 15.2. The molecule has 0 bridgehead atoms. The predicted molar refractivity (Wildman–Crippen MR) is 168 cm³/mol. The maximum absolute atomic E-state index is 15.2. The van der Waals surface area contributed by atoms with E-state index in [-0.39, 0.29) is 24.4 Å². The summed E-state index contributed by atoms with van der Waals surface area (Å²) in [6.45, 7) is 4.00. The van der Waals surface area contributed by atoms with Crippen molar-refractivity contribution < 1.29 is 31.9 Å². The van der Waals surface area contributed by atoms with Gasteiger partial charge in [0.05, 0.1) is 13.4 Å². The Morgan fingerprint density at radius 3 is 2.52 bits per heavy atom. The number of piperazine rings is 1. The fraction of sp³-hybridized carbons (Fsp3) is 0.548. The molecule has 242 valence electrons. The molecule has 13 heteroatoms. The Labute approximate surface area is 264 Å². The van der Waals surface area contributed by atoms with E-state index in [2.05, 4.69) is 16.0 Å². The molecule has 44 heavy (non-hydrogen) atoms. The zero-order valence-corrected chi connectivity index (χ0v) is 26.9. The van der Waals surface area contributed by atoms with Gasteiger partial charge in [-0.3, -0.25) is 4.79 Å². The SMILES string of the molecule is COC(=O)NC(C(=O)Nc1cccc(F)c1CCCC1CNCC(C)N1S(C)(=O)=O)C(c1ccc(Cl)cc1)C1CCOCC1. The summed E-state index contributed by atoms with van der Waals surface area (Å²) >= 11 is 6.16. The monoisotopic (exact) mass is 652 g/mol. The molecule has 2 aromatic rings. The summed E-state index contributed by atoms with van der Waals surface area (Å²) in [5.74, 6) is -1.42. The lowest BCUT2D eigenvalue weighted by molar-refractivity contribution is -0.119. The van der Waals surface area contributed by atoms with E-state index in [0.29, 0.717) is 68.3 Å². The fourth-order valence-corrected chi connectivity index (χ4v) is 8.06. The molecule has 2 fully saturated rings. The van der Waals surface area contributed by atoms with Gasteiger partial charge in [0, 0.05) is 60.6 Å². The van der Waals surface area contributed by atoms with Crippen LogP contribution in [0.25, 0.3) is 0 Å². The van der Waals surface area contributed by atoms with Crippen LogP contribution in [-0.2, 0) is 30.7 Å². The molecule has 0 radical (unpaired) electrons. The Morgan fingerprint density at radius 2 is 1.86 bits per heavy atom. The number of amides is 2. The number of hydrogen-bond acceptors (Lipinski definition) is 7. The molecule has 0 aromatic heterocycles. The summed E-state index contributed by atoms with van der Waals surface area (Å²) in [5.41, 5.74) is 1.43. The van der Waals surface area contributed by atoms with Gasteiger partial charge >= 0.3 is 6.09 Å². The van der Waals surface area contributed by atoms with Gasteiger partial charge in [-0.1, -0.05) is 29.8 Å². The van der Waals surface area contributed by atoms with Crippen LogP contribution in [0.3, 0.4) is 0 Å². The molecule has 0 aliphatic carbocycles. The lowest BCUT2D eigenvalue weighted by atomic mass is 9.76. The van der Waals surface area contributed by atoms with E-state index in [0.717, 1.165) is 5.56 Å². The molecule has 2 aliphatic heterocycles. The van der Waals surface area contributed by atoms with Crippen molar-refractivity contribution in [2.45, 2.75) is 63.1 Å². The second-order valence-electron chi connectivity index (χ2n) is 11.5. The Morgan fingerprint density at radius 1 is 1.16 bits per heavy atom. The molecule has 10 nitrogen and oxygen atoms in total. The number of halogens is 2. The number of alkyl carbamates (subject to hydrolysis) is 1. The van der Waals surface area contributed by atoms with Crippen LogP contribution in [-0.4, -0.2) is 82.5 Å². The van der Waals surface area contributed by atoms with Gasteiger partial charge < -0.3 is 25.4 Å². The third-order valence-corrected chi connectivity index (χ3v) is 10.1. The third-order valence-electron chi connectivity index (χ3n) is 8.47. The quantitative estimate of drug-likeness (QED) is 0.331. The largest absolute Gasteiger partial charge is 0.453 e. The van der Waals surface area contributed by atoms with Crippen molar-refractivity contribution in [2.24, 2.45) is 5.92 Å². The number of hydrogen-bond donors (Lipinski definition) is 3. The highest BCUT2D eigenvalue weighted by molar-refractivity contribution is 7.88. The Hall–Kier alpha value is -2.77. The van der Waals surface area contributed by atoms with E-state index in [1.807, 2.05) is 19.1 Å². The standard InChI is InChI=1S/C31H42ClFN4O6S/c1-20-18-34-19-24(37(20)44(3,40)41)6-4-7-25-26(33)8-5-9-27(25)35-30(38)29(36-31(39)42-2)28(22-14-16-43-17-15-22)21-10-12-23(32)13-11-21/h5,8-13,20,22,24,28-29,34H,4,6-7,14-19H2,1-3H3,(H,35,38)(H,36,39). The number of methoxy groups -OCH3 is 1. The van der Waals surface area contributed by atoms with Gasteiger partial charge in [0.25, 0.3) is 0 Å². The first kappa shape index (κ1) is 34.1. The first-order valence-corrected chi connectivity index (χ1v) is 17.2. The van der Waals surface area contributed by atoms with Gasteiger partial charge in [0.2, 0.25) is 15.9 Å². The number of nitrogens with one attached hydrogen (secondary N) is 3. The zero-order valence-electron chi connectivity index (χ0n) is 25.4. The van der Waals surface area contributed by atoms with Crippen LogP contribution in [0, 0.1) is 11.7 Å². The number of rotatable bonds is 11. The van der Waals surface area contributed by atoms with E-state index in [1.54, 1.807) is 18.2 Å². The van der Waals surface area contributed by atoms with Crippen LogP contribution in [0.1, 0.15) is 49.7 Å². The van der Waals surface area contributed by atoms with Crippen LogP contribution in [0.2, 0.25) is 5.02 Å². The van der Waals surface area contributed by atoms with Crippen molar-refractivity contribution in [2.75, 3.05) is 45.0 Å². The van der Waals surface area contributed by atoms with Gasteiger partial charge in [-0.2, -0.15) is 4.31 Å². The predicted octanol–water partition coefficient (Wildman–Crippen LogP) is 4.30. The number of sulfonamides is 1. The lowest BCUT2D eigenvalue weighted by Gasteiger charge is -2.39. The molecule has 2 aromatic carbocycles. The summed E-state index contributed by atoms with van der Waals surface area (Å²) in [5, 5.41) is 9.43. The topological polar surface area (TPSA) is 126 Å². The van der Waals surface area contributed by atoms with E-state index >= 15 is 4.39 Å². The first-order chi connectivity index (χ1) is 21.0. The number of benzene rings is 2. The van der Waals surface area contributed by atoms with Crippen LogP contribution in [0.4, 0.5) is 14.9 Å². The summed E-state index contributed by atoms with van der Waals surface area (Å²) in [6, 6.07) is 10.2. The van der Waals surface area contributed by atoms with Crippen LogP contribution < -0.4 is 16.0 Å². The van der Waals surface area contributed by atoms with E-state index in [4.69, 9.17) is 21.1 Å². The second kappa shape index (κ2) is 15.5. The van der Waals surface area contributed by atoms with Gasteiger partial charge in [-0.05, 0) is 74.8 Å². The molecule has 0 spiro atoms. The third kappa shape index (κ3) is 8.69. The molecule has 4 unspecified atom stereocenters. The molecule has 2 aliphatic rings. The molecule has 4 atom stereocenters. The number of nitrogens with zero attached hydrogens (tertiary/aromatic N) is 1. The second-order valence-corrected chi connectivity index (χ2v) is 13.9. The molecule has 2 heterocycles. The van der Waals surface area contributed by atoms with Crippen molar-refractivity contribution >= 4 is 39.3 Å². The molecule has 2 saturated heterocycles. The fourth-order valence-electron chi connectivity index (χ4n) is 6.48. The van der Waals surface area contributed by atoms with Crippen molar-refractivity contribution in [3.63, 3.8) is 0 Å². The minimum Gasteiger partial charge on any atom is -0.453 e. The van der Waals surface area contributed by atoms with Crippen LogP contribution in [0.15, 0.2) is 42.5 Å². The van der Waals surface area contributed by atoms with Crippen molar-refractivity contribution in [1.82, 2.24) is 14.9 Å². The highest BCUT2D eigenvalue weighted by atomic mass is 35.5. The molecule has 4 rings (SSSR count). The summed E-state index contributed by atoms with van der Waals surface area (Å²) in [4.78, 5) is 26.5. The zero-order chi connectivity index (χ0) is 31.9.